The Balaban J connectivity index is 1.10. The Kier molecular flexibility index (Phi) is 6.11. The van der Waals surface area contributed by atoms with E-state index in [9.17, 15) is 4.79 Å². The zero-order chi connectivity index (χ0) is 21.9. The van der Waals surface area contributed by atoms with E-state index in [0.29, 0.717) is 23.8 Å². The van der Waals surface area contributed by atoms with Gasteiger partial charge in [-0.05, 0) is 67.0 Å². The second-order valence-electron chi connectivity index (χ2n) is 9.47. The van der Waals surface area contributed by atoms with E-state index < -0.39 is 0 Å². The zero-order valence-electron chi connectivity index (χ0n) is 18.5. The number of urea groups is 1. The summed E-state index contributed by atoms with van der Waals surface area (Å²) in [6.07, 6.45) is 3.61. The van der Waals surface area contributed by atoms with Gasteiger partial charge >= 0.3 is 6.03 Å². The second kappa shape index (κ2) is 9.32. The van der Waals surface area contributed by atoms with Gasteiger partial charge in [0, 0.05) is 44.5 Å². The first-order chi connectivity index (χ1) is 15.7. The molecule has 2 N–H and O–H groups in total. The second-order valence-corrected chi connectivity index (χ2v) is 9.47. The van der Waals surface area contributed by atoms with Crippen LogP contribution in [0.5, 0.6) is 0 Å². The highest BCUT2D eigenvalue weighted by molar-refractivity contribution is 5.89. The van der Waals surface area contributed by atoms with Gasteiger partial charge in [-0.3, -0.25) is 9.80 Å². The van der Waals surface area contributed by atoms with Crippen LogP contribution in [0.3, 0.4) is 0 Å². The molecule has 4 unspecified atom stereocenters. The van der Waals surface area contributed by atoms with E-state index >= 15 is 0 Å². The van der Waals surface area contributed by atoms with Crippen LogP contribution in [0.15, 0.2) is 48.5 Å². The van der Waals surface area contributed by atoms with Crippen molar-refractivity contribution in [1.29, 1.82) is 5.26 Å². The third-order valence-electron chi connectivity index (χ3n) is 7.46. The van der Waals surface area contributed by atoms with Crippen molar-refractivity contribution in [3.05, 3.63) is 65.2 Å². The standard InChI is InChI=1S/C26H31N5O/c27-14-19-4-3-7-24(12-19)29-26(32)28-15-25-13-21-9-11-31(25)18-23(21)17-30-10-8-20-5-1-2-6-22(20)16-30/h1-7,12,21,23,25H,8-11,13,15-18H2,(H2,28,29,32). The van der Waals surface area contributed by atoms with Gasteiger partial charge in [-0.15, -0.1) is 0 Å². The first-order valence-corrected chi connectivity index (χ1v) is 11.8. The average Bonchev–Trinajstić information content (AvgIpc) is 2.83. The summed E-state index contributed by atoms with van der Waals surface area (Å²) in [5, 5.41) is 14.9. The molecule has 3 saturated heterocycles. The number of anilines is 1. The fourth-order valence-electron chi connectivity index (χ4n) is 5.76. The zero-order valence-corrected chi connectivity index (χ0v) is 18.5. The van der Waals surface area contributed by atoms with Gasteiger partial charge in [-0.25, -0.2) is 4.79 Å². The first-order valence-electron chi connectivity index (χ1n) is 11.8. The molecule has 0 aliphatic carbocycles. The third-order valence-corrected chi connectivity index (χ3v) is 7.46. The first kappa shape index (κ1) is 21.0. The van der Waals surface area contributed by atoms with Crippen LogP contribution >= 0.6 is 0 Å². The Morgan fingerprint density at radius 1 is 1.12 bits per heavy atom. The minimum absolute atomic E-state index is 0.203. The van der Waals surface area contributed by atoms with Gasteiger partial charge in [0.05, 0.1) is 11.6 Å². The molecular formula is C26H31N5O. The van der Waals surface area contributed by atoms with Crippen LogP contribution in [0.4, 0.5) is 10.5 Å². The number of amides is 2. The van der Waals surface area contributed by atoms with E-state index in [0.717, 1.165) is 37.9 Å². The van der Waals surface area contributed by atoms with Crippen LogP contribution in [0.1, 0.15) is 29.5 Å². The molecule has 0 spiro atoms. The molecule has 166 valence electrons. The highest BCUT2D eigenvalue weighted by Gasteiger charge is 2.40. The fraction of sp³-hybridized carbons (Fsp3) is 0.462. The van der Waals surface area contributed by atoms with E-state index in [2.05, 4.69) is 50.8 Å². The molecule has 0 aromatic heterocycles. The summed E-state index contributed by atoms with van der Waals surface area (Å²) in [5.41, 5.74) is 4.20. The number of benzene rings is 2. The van der Waals surface area contributed by atoms with Crippen LogP contribution in [0, 0.1) is 23.2 Å². The summed E-state index contributed by atoms with van der Waals surface area (Å²) in [6, 6.07) is 18.2. The van der Waals surface area contributed by atoms with Crippen molar-refractivity contribution in [2.75, 3.05) is 38.0 Å². The van der Waals surface area contributed by atoms with Crippen molar-refractivity contribution < 1.29 is 4.79 Å². The van der Waals surface area contributed by atoms with E-state index in [1.807, 2.05) is 0 Å². The fourth-order valence-corrected chi connectivity index (χ4v) is 5.76. The summed E-state index contributed by atoms with van der Waals surface area (Å²) in [4.78, 5) is 17.6. The molecule has 2 aromatic rings. The van der Waals surface area contributed by atoms with Crippen LogP contribution in [-0.2, 0) is 13.0 Å². The van der Waals surface area contributed by atoms with Crippen molar-refractivity contribution >= 4 is 11.7 Å². The monoisotopic (exact) mass is 429 g/mol. The largest absolute Gasteiger partial charge is 0.336 e. The number of nitriles is 1. The minimum Gasteiger partial charge on any atom is -0.336 e. The van der Waals surface area contributed by atoms with E-state index in [1.165, 1.54) is 37.1 Å². The van der Waals surface area contributed by atoms with Crippen molar-refractivity contribution in [1.82, 2.24) is 15.1 Å². The van der Waals surface area contributed by atoms with Crippen molar-refractivity contribution in [2.45, 2.75) is 31.8 Å². The number of fused-ring (bicyclic) bond motifs is 4. The van der Waals surface area contributed by atoms with Crippen molar-refractivity contribution in [3.63, 3.8) is 0 Å². The SMILES string of the molecule is N#Cc1cccc(NC(=O)NCC2CC3CCN2CC3CN2CCc3ccccc3C2)c1. The maximum Gasteiger partial charge on any atom is 0.319 e. The lowest BCUT2D eigenvalue weighted by Gasteiger charge is -2.51. The quantitative estimate of drug-likeness (QED) is 0.764. The smallest absolute Gasteiger partial charge is 0.319 e. The van der Waals surface area contributed by atoms with Crippen LogP contribution in [0.2, 0.25) is 0 Å². The van der Waals surface area contributed by atoms with Gasteiger partial charge in [0.25, 0.3) is 0 Å². The third kappa shape index (κ3) is 4.64. The number of nitrogens with one attached hydrogen (secondary N) is 2. The molecule has 3 fully saturated rings. The Bertz CT molecular complexity index is 1020. The number of nitrogens with zero attached hydrogens (tertiary/aromatic N) is 3. The lowest BCUT2D eigenvalue weighted by molar-refractivity contribution is -0.0124. The number of carbonyl (C=O) groups is 1. The van der Waals surface area contributed by atoms with Gasteiger partial charge in [-0.1, -0.05) is 30.3 Å². The molecule has 2 aromatic carbocycles. The highest BCUT2D eigenvalue weighted by atomic mass is 16.2. The van der Waals surface area contributed by atoms with Gasteiger partial charge in [0.15, 0.2) is 0 Å². The van der Waals surface area contributed by atoms with E-state index in [1.54, 1.807) is 24.3 Å². The highest BCUT2D eigenvalue weighted by Crippen LogP contribution is 2.37. The van der Waals surface area contributed by atoms with Crippen molar-refractivity contribution in [2.24, 2.45) is 11.8 Å². The molecule has 6 heteroatoms. The Morgan fingerprint density at radius 3 is 2.81 bits per heavy atom. The normalized spacial score (nSPS) is 26.7. The van der Waals surface area contributed by atoms with Crippen LogP contribution in [0.25, 0.3) is 0 Å². The maximum absolute atomic E-state index is 12.4. The van der Waals surface area contributed by atoms with Gasteiger partial charge in [0.1, 0.15) is 0 Å². The summed E-state index contributed by atoms with van der Waals surface area (Å²) in [7, 11) is 0. The van der Waals surface area contributed by atoms with E-state index in [4.69, 9.17) is 5.26 Å². The van der Waals surface area contributed by atoms with E-state index in [-0.39, 0.29) is 6.03 Å². The molecule has 4 atom stereocenters. The lowest BCUT2D eigenvalue weighted by atomic mass is 9.75. The summed E-state index contributed by atoms with van der Waals surface area (Å²) in [5.74, 6) is 1.48. The molecule has 2 bridgehead atoms. The number of rotatable bonds is 5. The number of hydrogen-bond donors (Lipinski definition) is 2. The number of carbonyl (C=O) groups excluding carboxylic acids is 1. The van der Waals surface area contributed by atoms with Gasteiger partial charge in [-0.2, -0.15) is 5.26 Å². The molecular weight excluding hydrogens is 398 g/mol. The molecule has 4 heterocycles. The van der Waals surface area contributed by atoms with Gasteiger partial charge in [0.2, 0.25) is 0 Å². The topological polar surface area (TPSA) is 71.4 Å². The van der Waals surface area contributed by atoms with Crippen LogP contribution < -0.4 is 10.6 Å². The molecule has 6 rings (SSSR count). The number of hydrogen-bond acceptors (Lipinski definition) is 4. The molecule has 32 heavy (non-hydrogen) atoms. The summed E-state index contributed by atoms with van der Waals surface area (Å²) < 4.78 is 0. The van der Waals surface area contributed by atoms with Gasteiger partial charge < -0.3 is 10.6 Å². The Hall–Kier alpha value is -2.88. The predicted octanol–water partition coefficient (Wildman–Crippen LogP) is 3.45. The molecule has 0 saturated carbocycles. The predicted molar refractivity (Wildman–Crippen MR) is 125 cm³/mol. The molecule has 0 radical (unpaired) electrons. The Morgan fingerprint density at radius 2 is 2.00 bits per heavy atom. The average molecular weight is 430 g/mol. The molecule has 2 amide bonds. The van der Waals surface area contributed by atoms with Crippen molar-refractivity contribution in [3.8, 4) is 6.07 Å². The lowest BCUT2D eigenvalue weighted by Crippen LogP contribution is -2.58. The molecule has 4 aliphatic heterocycles. The maximum atomic E-state index is 12.4. The summed E-state index contributed by atoms with van der Waals surface area (Å²) >= 11 is 0. The molecule has 6 nitrogen and oxygen atoms in total. The minimum atomic E-state index is -0.203. The molecule has 4 aliphatic rings. The van der Waals surface area contributed by atoms with Crippen LogP contribution in [-0.4, -0.2) is 54.6 Å². The summed E-state index contributed by atoms with van der Waals surface area (Å²) in [6.45, 7) is 6.38. The number of piperidine rings is 3. The Labute approximate surface area is 190 Å².